The van der Waals surface area contributed by atoms with Gasteiger partial charge in [-0.3, -0.25) is 0 Å². The van der Waals surface area contributed by atoms with Gasteiger partial charge >= 0.3 is 0 Å². The molecule has 0 bridgehead atoms. The topological polar surface area (TPSA) is 56.7 Å². The summed E-state index contributed by atoms with van der Waals surface area (Å²) in [7, 11) is 0. The van der Waals surface area contributed by atoms with Gasteiger partial charge in [0, 0.05) is 5.38 Å². The molecule has 0 saturated heterocycles. The third-order valence-corrected chi connectivity index (χ3v) is 2.93. The molecule has 4 nitrogen and oxygen atoms in total. The van der Waals surface area contributed by atoms with Crippen molar-refractivity contribution in [3.63, 3.8) is 0 Å². The number of thiazole rings is 1. The van der Waals surface area contributed by atoms with Crippen LogP contribution in [0.1, 0.15) is 18.7 Å². The molecule has 0 aromatic carbocycles. The molecule has 6 heteroatoms. The molecular weight excluding hydrogens is 220 g/mol. The summed E-state index contributed by atoms with van der Waals surface area (Å²) in [6.45, 7) is 1.98. The van der Waals surface area contributed by atoms with Gasteiger partial charge in [0.15, 0.2) is 0 Å². The van der Waals surface area contributed by atoms with Gasteiger partial charge in [0.1, 0.15) is 10.8 Å². The number of nitrogens with zero attached hydrogens (tertiary/aromatic N) is 3. The predicted molar refractivity (Wildman–Crippen MR) is 57.6 cm³/mol. The fourth-order valence-electron chi connectivity index (χ4n) is 1.21. The molecule has 0 amide bonds. The van der Waals surface area contributed by atoms with Crippen LogP contribution in [0.4, 0.5) is 5.82 Å². The Morgan fingerprint density at radius 3 is 2.93 bits per heavy atom. The van der Waals surface area contributed by atoms with Crippen molar-refractivity contribution in [2.24, 2.45) is 0 Å². The molecule has 0 aliphatic heterocycles. The Kier molecular flexibility index (Phi) is 2.43. The molecule has 2 N–H and O–H groups in total. The predicted octanol–water partition coefficient (Wildman–Crippen LogP) is 2.18. The number of halogens is 1. The average Bonchev–Trinajstić information content (AvgIpc) is 2.77. The van der Waals surface area contributed by atoms with Crippen LogP contribution in [0.3, 0.4) is 0 Å². The summed E-state index contributed by atoms with van der Waals surface area (Å²) in [5.74, 6) is 0.479. The van der Waals surface area contributed by atoms with E-state index >= 15 is 0 Å². The van der Waals surface area contributed by atoms with Gasteiger partial charge in [0.2, 0.25) is 0 Å². The maximum Gasteiger partial charge on any atom is 0.141 e. The van der Waals surface area contributed by atoms with Crippen molar-refractivity contribution in [3.05, 3.63) is 27.8 Å². The molecule has 2 aromatic heterocycles. The highest BCUT2D eigenvalue weighted by Gasteiger charge is 2.14. The van der Waals surface area contributed by atoms with E-state index in [1.54, 1.807) is 27.7 Å². The SMILES string of the molecule is CC(c1cscn1)n1ncc(Cl)c1N. The van der Waals surface area contributed by atoms with E-state index in [1.807, 2.05) is 12.3 Å². The molecule has 2 aromatic rings. The molecule has 74 valence electrons. The molecule has 0 radical (unpaired) electrons. The van der Waals surface area contributed by atoms with E-state index in [2.05, 4.69) is 10.1 Å². The number of rotatable bonds is 2. The lowest BCUT2D eigenvalue weighted by Crippen LogP contribution is -2.11. The van der Waals surface area contributed by atoms with E-state index in [9.17, 15) is 0 Å². The van der Waals surface area contributed by atoms with Gasteiger partial charge in [-0.15, -0.1) is 11.3 Å². The zero-order chi connectivity index (χ0) is 10.1. The van der Waals surface area contributed by atoms with Crippen molar-refractivity contribution in [2.45, 2.75) is 13.0 Å². The highest BCUT2D eigenvalue weighted by molar-refractivity contribution is 7.07. The number of nitrogen functional groups attached to an aromatic ring is 1. The zero-order valence-corrected chi connectivity index (χ0v) is 9.09. The van der Waals surface area contributed by atoms with Gasteiger partial charge in [-0.05, 0) is 6.92 Å². The van der Waals surface area contributed by atoms with Crippen LogP contribution in [0.5, 0.6) is 0 Å². The molecule has 0 saturated carbocycles. The largest absolute Gasteiger partial charge is 0.383 e. The molecule has 0 aliphatic carbocycles. The van der Waals surface area contributed by atoms with Gasteiger partial charge < -0.3 is 5.73 Å². The van der Waals surface area contributed by atoms with Crippen LogP contribution >= 0.6 is 22.9 Å². The molecule has 2 heterocycles. The van der Waals surface area contributed by atoms with Crippen LogP contribution < -0.4 is 5.73 Å². The first kappa shape index (κ1) is 9.48. The first-order chi connectivity index (χ1) is 6.70. The van der Waals surface area contributed by atoms with Crippen LogP contribution in [-0.2, 0) is 0 Å². The second-order valence-electron chi connectivity index (χ2n) is 2.91. The third-order valence-electron chi connectivity index (χ3n) is 2.03. The van der Waals surface area contributed by atoms with Crippen molar-refractivity contribution in [3.8, 4) is 0 Å². The van der Waals surface area contributed by atoms with Gasteiger partial charge in [0.25, 0.3) is 0 Å². The van der Waals surface area contributed by atoms with Crippen molar-refractivity contribution in [2.75, 3.05) is 5.73 Å². The smallest absolute Gasteiger partial charge is 0.141 e. The Hall–Kier alpha value is -1.07. The average molecular weight is 229 g/mol. The van der Waals surface area contributed by atoms with Crippen molar-refractivity contribution >= 4 is 28.8 Å². The molecule has 14 heavy (non-hydrogen) atoms. The fraction of sp³-hybridized carbons (Fsp3) is 0.250. The van der Waals surface area contributed by atoms with Crippen molar-refractivity contribution < 1.29 is 0 Å². The van der Waals surface area contributed by atoms with Gasteiger partial charge in [0.05, 0.1) is 23.4 Å². The molecule has 1 atom stereocenters. The number of aromatic nitrogens is 3. The Morgan fingerprint density at radius 2 is 2.43 bits per heavy atom. The summed E-state index contributed by atoms with van der Waals surface area (Å²) in [4.78, 5) is 4.20. The third kappa shape index (κ3) is 1.49. The zero-order valence-electron chi connectivity index (χ0n) is 7.51. The summed E-state index contributed by atoms with van der Waals surface area (Å²) in [6, 6.07) is 0.0220. The highest BCUT2D eigenvalue weighted by Crippen LogP contribution is 2.24. The summed E-state index contributed by atoms with van der Waals surface area (Å²) < 4.78 is 1.66. The summed E-state index contributed by atoms with van der Waals surface area (Å²) >= 11 is 7.36. The lowest BCUT2D eigenvalue weighted by molar-refractivity contribution is 0.562. The van der Waals surface area contributed by atoms with E-state index in [0.29, 0.717) is 10.8 Å². The van der Waals surface area contributed by atoms with E-state index in [0.717, 1.165) is 5.69 Å². The maximum absolute atomic E-state index is 5.81. The molecule has 1 unspecified atom stereocenters. The monoisotopic (exact) mass is 228 g/mol. The summed E-state index contributed by atoms with van der Waals surface area (Å²) in [5.41, 5.74) is 8.48. The van der Waals surface area contributed by atoms with Crippen molar-refractivity contribution in [1.82, 2.24) is 14.8 Å². The molecular formula is C8H9ClN4S. The normalized spacial score (nSPS) is 13.0. The first-order valence-corrected chi connectivity index (χ1v) is 5.39. The summed E-state index contributed by atoms with van der Waals surface area (Å²) in [6.07, 6.45) is 1.54. The van der Waals surface area contributed by atoms with Gasteiger partial charge in [-0.2, -0.15) is 5.10 Å². The Balaban J connectivity index is 2.36. The van der Waals surface area contributed by atoms with Crippen molar-refractivity contribution in [1.29, 1.82) is 0 Å². The first-order valence-electron chi connectivity index (χ1n) is 4.06. The molecule has 0 fully saturated rings. The molecule has 0 spiro atoms. The number of nitrogens with two attached hydrogens (primary N) is 1. The second-order valence-corrected chi connectivity index (χ2v) is 4.04. The number of hydrogen-bond donors (Lipinski definition) is 1. The Bertz CT molecular complexity index is 422. The fourth-order valence-corrected chi connectivity index (χ4v) is 1.98. The van der Waals surface area contributed by atoms with E-state index in [1.165, 1.54) is 0 Å². The maximum atomic E-state index is 5.81. The molecule has 2 rings (SSSR count). The number of hydrogen-bond acceptors (Lipinski definition) is 4. The second kappa shape index (κ2) is 3.59. The lowest BCUT2D eigenvalue weighted by atomic mass is 10.3. The minimum atomic E-state index is 0.0220. The minimum Gasteiger partial charge on any atom is -0.383 e. The standard InChI is InChI=1S/C8H9ClN4S/c1-5(7-3-14-4-11-7)13-8(10)6(9)2-12-13/h2-5H,10H2,1H3. The Labute approximate surface area is 90.3 Å². The van der Waals surface area contributed by atoms with E-state index in [4.69, 9.17) is 17.3 Å². The van der Waals surface area contributed by atoms with Crippen LogP contribution in [0.2, 0.25) is 5.02 Å². The molecule has 0 aliphatic rings. The Morgan fingerprint density at radius 1 is 1.64 bits per heavy atom. The van der Waals surface area contributed by atoms with E-state index < -0.39 is 0 Å². The number of anilines is 1. The van der Waals surface area contributed by atoms with Gasteiger partial charge in [-0.1, -0.05) is 11.6 Å². The van der Waals surface area contributed by atoms with E-state index in [-0.39, 0.29) is 6.04 Å². The van der Waals surface area contributed by atoms with Crippen LogP contribution in [0, 0.1) is 0 Å². The highest BCUT2D eigenvalue weighted by atomic mass is 35.5. The summed E-state index contributed by atoms with van der Waals surface area (Å²) in [5, 5.41) is 6.55. The van der Waals surface area contributed by atoms with Crippen LogP contribution in [-0.4, -0.2) is 14.8 Å². The van der Waals surface area contributed by atoms with Gasteiger partial charge in [-0.25, -0.2) is 9.67 Å². The van der Waals surface area contributed by atoms with Crippen LogP contribution in [0.15, 0.2) is 17.1 Å². The minimum absolute atomic E-state index is 0.0220. The van der Waals surface area contributed by atoms with Crippen LogP contribution in [0.25, 0.3) is 0 Å². The lowest BCUT2D eigenvalue weighted by Gasteiger charge is -2.10. The quantitative estimate of drug-likeness (QED) is 0.857.